The van der Waals surface area contributed by atoms with Gasteiger partial charge < -0.3 is 21.3 Å². The molecule has 1 aromatic carbocycles. The van der Waals surface area contributed by atoms with Crippen molar-refractivity contribution in [1.82, 2.24) is 15.6 Å². The number of nitrogens with two attached hydrogens (primary N) is 1. The van der Waals surface area contributed by atoms with E-state index in [1.165, 1.54) is 11.3 Å². The van der Waals surface area contributed by atoms with Crippen LogP contribution in [0.1, 0.15) is 27.3 Å². The van der Waals surface area contributed by atoms with E-state index in [9.17, 15) is 4.79 Å². The average Bonchev–Trinajstić information content (AvgIpc) is 3.32. The van der Waals surface area contributed by atoms with Crippen LogP contribution in [-0.4, -0.2) is 43.6 Å². The minimum Gasteiger partial charge on any atom is -0.397 e. The van der Waals surface area contributed by atoms with Gasteiger partial charge in [0.05, 0.1) is 16.4 Å². The molecule has 158 valence electrons. The summed E-state index contributed by atoms with van der Waals surface area (Å²) in [7, 11) is 2.00. The molecule has 1 aliphatic rings. The fourth-order valence-electron chi connectivity index (χ4n) is 3.84. The van der Waals surface area contributed by atoms with Crippen molar-refractivity contribution < 1.29 is 4.79 Å². The summed E-state index contributed by atoms with van der Waals surface area (Å²) in [4.78, 5) is 20.7. The van der Waals surface area contributed by atoms with Crippen LogP contribution in [0, 0.1) is 6.92 Å². The zero-order chi connectivity index (χ0) is 21.3. The molecule has 6 nitrogen and oxygen atoms in total. The van der Waals surface area contributed by atoms with Gasteiger partial charge in [0.25, 0.3) is 5.91 Å². The molecule has 1 saturated heterocycles. The van der Waals surface area contributed by atoms with Crippen molar-refractivity contribution in [3.63, 3.8) is 0 Å². The summed E-state index contributed by atoms with van der Waals surface area (Å²) in [5.74, 6) is -0.161. The largest absolute Gasteiger partial charge is 0.397 e. The molecule has 0 spiro atoms. The third kappa shape index (κ3) is 4.24. The zero-order valence-corrected chi connectivity index (χ0v) is 18.7. The van der Waals surface area contributed by atoms with Gasteiger partial charge in [-0.05, 0) is 56.6 Å². The Morgan fingerprint density at radius 2 is 2.20 bits per heavy atom. The number of amides is 1. The fraction of sp³-hybridized carbons (Fsp3) is 0.364. The second kappa shape index (κ2) is 8.79. The summed E-state index contributed by atoms with van der Waals surface area (Å²) in [6.07, 6.45) is 1.82. The molecule has 1 unspecified atom stereocenters. The molecule has 0 radical (unpaired) electrons. The number of anilines is 2. The molecular formula is C22H26ClN5OS. The third-order valence-corrected chi connectivity index (χ3v) is 7.00. The van der Waals surface area contributed by atoms with Gasteiger partial charge in [0.15, 0.2) is 0 Å². The standard InChI is InChI=1S/C22H26ClN5OS/c1-13-3-5-16-19(24)20(30-22(16)27-13)21(29)26-9-7-14-4-6-18(17(23)11-14)28-10-8-15(12-28)25-2/h3-6,11,15,25H,7-10,12,24H2,1-2H3,(H,26,29). The Kier molecular flexibility index (Phi) is 6.13. The summed E-state index contributed by atoms with van der Waals surface area (Å²) in [6.45, 7) is 4.41. The quantitative estimate of drug-likeness (QED) is 0.542. The number of halogens is 1. The van der Waals surface area contributed by atoms with Crippen LogP contribution in [-0.2, 0) is 6.42 Å². The van der Waals surface area contributed by atoms with Gasteiger partial charge in [0.2, 0.25) is 0 Å². The Morgan fingerprint density at radius 1 is 1.37 bits per heavy atom. The number of aryl methyl sites for hydroxylation is 1. The highest BCUT2D eigenvalue weighted by Crippen LogP contribution is 2.32. The lowest BCUT2D eigenvalue weighted by Gasteiger charge is -2.20. The van der Waals surface area contributed by atoms with Crippen LogP contribution in [0.25, 0.3) is 10.2 Å². The van der Waals surface area contributed by atoms with Crippen LogP contribution >= 0.6 is 22.9 Å². The van der Waals surface area contributed by atoms with Gasteiger partial charge >= 0.3 is 0 Å². The smallest absolute Gasteiger partial charge is 0.263 e. The number of fused-ring (bicyclic) bond motifs is 1. The van der Waals surface area contributed by atoms with Gasteiger partial charge in [0.1, 0.15) is 9.71 Å². The molecule has 2 aromatic heterocycles. The molecule has 30 heavy (non-hydrogen) atoms. The number of thiophene rings is 1. The summed E-state index contributed by atoms with van der Waals surface area (Å²) < 4.78 is 0. The highest BCUT2D eigenvalue weighted by atomic mass is 35.5. The number of carbonyl (C=O) groups is 1. The predicted molar refractivity (Wildman–Crippen MR) is 126 cm³/mol. The highest BCUT2D eigenvalue weighted by molar-refractivity contribution is 7.21. The Morgan fingerprint density at radius 3 is 2.93 bits per heavy atom. The molecule has 1 amide bonds. The molecule has 4 rings (SSSR count). The number of nitrogen functional groups attached to an aromatic ring is 1. The second-order valence-corrected chi connectivity index (χ2v) is 9.07. The Balaban J connectivity index is 1.37. The number of aromatic nitrogens is 1. The maximum absolute atomic E-state index is 12.6. The molecule has 8 heteroatoms. The molecule has 0 bridgehead atoms. The lowest BCUT2D eigenvalue weighted by Crippen LogP contribution is -2.29. The van der Waals surface area contributed by atoms with Crippen molar-refractivity contribution in [1.29, 1.82) is 0 Å². The number of nitrogens with one attached hydrogen (secondary N) is 2. The molecule has 0 saturated carbocycles. The van der Waals surface area contributed by atoms with E-state index in [-0.39, 0.29) is 5.91 Å². The zero-order valence-electron chi connectivity index (χ0n) is 17.2. The van der Waals surface area contributed by atoms with Gasteiger partial charge in [-0.25, -0.2) is 4.98 Å². The number of hydrogen-bond acceptors (Lipinski definition) is 6. The molecule has 1 aliphatic heterocycles. The maximum atomic E-state index is 12.6. The normalized spacial score (nSPS) is 16.4. The average molecular weight is 444 g/mol. The van der Waals surface area contributed by atoms with Crippen LogP contribution in [0.2, 0.25) is 5.02 Å². The van der Waals surface area contributed by atoms with E-state index in [4.69, 9.17) is 17.3 Å². The van der Waals surface area contributed by atoms with E-state index < -0.39 is 0 Å². The second-order valence-electron chi connectivity index (χ2n) is 7.66. The first kappa shape index (κ1) is 20.9. The van der Waals surface area contributed by atoms with E-state index in [1.54, 1.807) is 0 Å². The van der Waals surface area contributed by atoms with Crippen LogP contribution in [0.3, 0.4) is 0 Å². The molecule has 4 N–H and O–H groups in total. The molecule has 3 heterocycles. The predicted octanol–water partition coefficient (Wildman–Crippen LogP) is 3.61. The minimum absolute atomic E-state index is 0.161. The minimum atomic E-state index is -0.161. The van der Waals surface area contributed by atoms with Crippen molar-refractivity contribution in [3.05, 3.63) is 51.5 Å². The number of hydrogen-bond donors (Lipinski definition) is 3. The number of likely N-dealkylation sites (N-methyl/N-ethyl adjacent to an activating group) is 1. The van der Waals surface area contributed by atoms with E-state index in [0.717, 1.165) is 51.7 Å². The molecule has 1 fully saturated rings. The number of benzene rings is 1. The highest BCUT2D eigenvalue weighted by Gasteiger charge is 2.23. The van der Waals surface area contributed by atoms with Gasteiger partial charge in [-0.3, -0.25) is 4.79 Å². The van der Waals surface area contributed by atoms with E-state index in [2.05, 4.69) is 32.7 Å². The number of pyridine rings is 1. The first-order valence-corrected chi connectivity index (χ1v) is 11.3. The van der Waals surface area contributed by atoms with Crippen LogP contribution in [0.5, 0.6) is 0 Å². The van der Waals surface area contributed by atoms with Gasteiger partial charge in [-0.15, -0.1) is 11.3 Å². The van der Waals surface area contributed by atoms with Gasteiger partial charge in [0, 0.05) is 36.8 Å². The van der Waals surface area contributed by atoms with Crippen LogP contribution in [0.4, 0.5) is 11.4 Å². The maximum Gasteiger partial charge on any atom is 0.263 e. The van der Waals surface area contributed by atoms with Crippen molar-refractivity contribution >= 4 is 50.4 Å². The summed E-state index contributed by atoms with van der Waals surface area (Å²) in [6, 6.07) is 10.5. The van der Waals surface area contributed by atoms with Crippen LogP contribution < -0.4 is 21.3 Å². The number of carbonyl (C=O) groups excluding carboxylic acids is 1. The van der Waals surface area contributed by atoms with Gasteiger partial charge in [-0.2, -0.15) is 0 Å². The van der Waals surface area contributed by atoms with Gasteiger partial charge in [-0.1, -0.05) is 17.7 Å². The molecule has 1 atom stereocenters. The summed E-state index contributed by atoms with van der Waals surface area (Å²) in [5, 5.41) is 7.88. The van der Waals surface area contributed by atoms with Crippen LogP contribution in [0.15, 0.2) is 30.3 Å². The third-order valence-electron chi connectivity index (χ3n) is 5.59. The Bertz CT molecular complexity index is 1080. The molecule has 3 aromatic rings. The number of rotatable bonds is 6. The SMILES string of the molecule is CNC1CCN(c2ccc(CCNC(=O)c3sc4nc(C)ccc4c3N)cc2Cl)C1. The summed E-state index contributed by atoms with van der Waals surface area (Å²) >= 11 is 7.88. The van der Waals surface area contributed by atoms with Crippen molar-refractivity contribution in [2.75, 3.05) is 37.3 Å². The summed E-state index contributed by atoms with van der Waals surface area (Å²) in [5.41, 5.74) is 9.74. The fourth-order valence-corrected chi connectivity index (χ4v) is 5.21. The van der Waals surface area contributed by atoms with Crippen molar-refractivity contribution in [3.8, 4) is 0 Å². The lowest BCUT2D eigenvalue weighted by atomic mass is 10.1. The van der Waals surface area contributed by atoms with Crippen molar-refractivity contribution in [2.24, 2.45) is 0 Å². The van der Waals surface area contributed by atoms with E-state index in [1.807, 2.05) is 32.2 Å². The molecular weight excluding hydrogens is 418 g/mol. The number of nitrogens with zero attached hydrogens (tertiary/aromatic N) is 2. The monoisotopic (exact) mass is 443 g/mol. The topological polar surface area (TPSA) is 83.3 Å². The lowest BCUT2D eigenvalue weighted by molar-refractivity contribution is 0.0959. The van der Waals surface area contributed by atoms with E-state index >= 15 is 0 Å². The first-order valence-electron chi connectivity index (χ1n) is 10.1. The van der Waals surface area contributed by atoms with Crippen molar-refractivity contribution in [2.45, 2.75) is 25.8 Å². The Labute approximate surface area is 185 Å². The van der Waals surface area contributed by atoms with E-state index in [0.29, 0.717) is 29.6 Å². The first-order chi connectivity index (χ1) is 14.5. The molecule has 0 aliphatic carbocycles. The Hall–Kier alpha value is -2.35.